The van der Waals surface area contributed by atoms with Crippen LogP contribution >= 0.6 is 0 Å². The first kappa shape index (κ1) is 15.5. The van der Waals surface area contributed by atoms with Gasteiger partial charge < -0.3 is 4.74 Å². The maximum Gasteiger partial charge on any atom is 0.306 e. The number of aryl methyl sites for hydroxylation is 1. The van der Waals surface area contributed by atoms with Crippen LogP contribution in [0.2, 0.25) is 0 Å². The van der Waals surface area contributed by atoms with Crippen molar-refractivity contribution in [1.29, 1.82) is 0 Å². The molecule has 1 aromatic carbocycles. The molecule has 0 bridgehead atoms. The van der Waals surface area contributed by atoms with E-state index >= 15 is 0 Å². The van der Waals surface area contributed by atoms with Gasteiger partial charge in [0, 0.05) is 13.0 Å². The van der Waals surface area contributed by atoms with E-state index in [1.54, 1.807) is 28.6 Å². The molecule has 2 aliphatic rings. The molecule has 2 fully saturated rings. The number of hydrogen-bond donors (Lipinski definition) is 0. The summed E-state index contributed by atoms with van der Waals surface area (Å²) >= 11 is 0. The molecule has 6 heteroatoms. The highest BCUT2D eigenvalue weighted by Crippen LogP contribution is 2.34. The Kier molecular flexibility index (Phi) is 3.99. The Labute approximate surface area is 131 Å². The SMILES string of the molecule is Cc1ccc(S(=O)(=O)N2C[C@H](C)C[C@@H]3OC(=O)CC[C@H]32)cc1. The van der Waals surface area contributed by atoms with Crippen molar-refractivity contribution in [2.75, 3.05) is 6.54 Å². The highest BCUT2D eigenvalue weighted by molar-refractivity contribution is 7.89. The second kappa shape index (κ2) is 5.66. The molecule has 0 amide bonds. The number of esters is 1. The van der Waals surface area contributed by atoms with Crippen LogP contribution in [0.5, 0.6) is 0 Å². The Hall–Kier alpha value is -1.40. The third kappa shape index (κ3) is 2.77. The molecule has 3 rings (SSSR count). The molecule has 0 aliphatic carbocycles. The number of ether oxygens (including phenoxy) is 1. The first-order valence-corrected chi connectivity index (χ1v) is 9.10. The Morgan fingerprint density at radius 2 is 1.91 bits per heavy atom. The van der Waals surface area contributed by atoms with E-state index in [2.05, 4.69) is 0 Å². The fourth-order valence-electron chi connectivity index (χ4n) is 3.33. The largest absolute Gasteiger partial charge is 0.461 e. The minimum atomic E-state index is -3.56. The van der Waals surface area contributed by atoms with Gasteiger partial charge in [-0.1, -0.05) is 24.6 Å². The Bertz CT molecular complexity index is 668. The molecule has 2 aliphatic heterocycles. The van der Waals surface area contributed by atoms with Gasteiger partial charge in [-0.2, -0.15) is 4.31 Å². The molecular formula is C16H21NO4S. The number of carbonyl (C=O) groups is 1. The summed E-state index contributed by atoms with van der Waals surface area (Å²) in [4.78, 5) is 11.8. The predicted molar refractivity (Wildman–Crippen MR) is 81.8 cm³/mol. The van der Waals surface area contributed by atoms with Crippen molar-refractivity contribution in [3.63, 3.8) is 0 Å². The second-order valence-electron chi connectivity index (χ2n) is 6.36. The topological polar surface area (TPSA) is 63.7 Å². The lowest BCUT2D eigenvalue weighted by Crippen LogP contribution is -2.56. The van der Waals surface area contributed by atoms with Gasteiger partial charge in [0.15, 0.2) is 0 Å². The number of hydrogen-bond acceptors (Lipinski definition) is 4. The lowest BCUT2D eigenvalue weighted by Gasteiger charge is -2.44. The highest BCUT2D eigenvalue weighted by Gasteiger charge is 2.45. The van der Waals surface area contributed by atoms with Gasteiger partial charge in [-0.15, -0.1) is 0 Å². The fraction of sp³-hybridized carbons (Fsp3) is 0.562. The van der Waals surface area contributed by atoms with Crippen LogP contribution in [-0.4, -0.2) is 37.4 Å². The van der Waals surface area contributed by atoms with E-state index in [1.807, 2.05) is 13.8 Å². The zero-order chi connectivity index (χ0) is 15.9. The number of piperidine rings is 1. The lowest BCUT2D eigenvalue weighted by molar-refractivity contribution is -0.162. The quantitative estimate of drug-likeness (QED) is 0.782. The molecule has 3 atom stereocenters. The predicted octanol–water partition coefficient (Wildman–Crippen LogP) is 2.10. The van der Waals surface area contributed by atoms with Gasteiger partial charge in [0.05, 0.1) is 10.9 Å². The van der Waals surface area contributed by atoms with Gasteiger partial charge >= 0.3 is 5.97 Å². The standard InChI is InChI=1S/C16H21NO4S/c1-11-3-5-13(6-4-11)22(19,20)17-10-12(2)9-15-14(17)7-8-16(18)21-15/h3-6,12,14-15H,7-10H2,1-2H3/t12-,14-,15+/m1/s1. The van der Waals surface area contributed by atoms with E-state index in [0.717, 1.165) is 12.0 Å². The molecule has 0 radical (unpaired) electrons. The van der Waals surface area contributed by atoms with Gasteiger partial charge in [-0.25, -0.2) is 8.42 Å². The third-order valence-corrected chi connectivity index (χ3v) is 6.39. The number of benzene rings is 1. The van der Waals surface area contributed by atoms with Crippen molar-refractivity contribution < 1.29 is 17.9 Å². The molecule has 2 saturated heterocycles. The lowest BCUT2D eigenvalue weighted by atomic mass is 9.89. The molecule has 0 unspecified atom stereocenters. The summed E-state index contributed by atoms with van der Waals surface area (Å²) in [6, 6.07) is 6.67. The summed E-state index contributed by atoms with van der Waals surface area (Å²) in [5.74, 6) is -0.0459. The van der Waals surface area contributed by atoms with Crippen LogP contribution in [0, 0.1) is 12.8 Å². The minimum Gasteiger partial charge on any atom is -0.461 e. The van der Waals surface area contributed by atoms with Gasteiger partial charge in [0.25, 0.3) is 0 Å². The Morgan fingerprint density at radius 1 is 1.23 bits per heavy atom. The Balaban J connectivity index is 1.94. The smallest absolute Gasteiger partial charge is 0.306 e. The summed E-state index contributed by atoms with van der Waals surface area (Å²) in [5, 5.41) is 0. The van der Waals surface area contributed by atoms with Gasteiger partial charge in [0.1, 0.15) is 6.10 Å². The van der Waals surface area contributed by atoms with Crippen molar-refractivity contribution in [2.24, 2.45) is 5.92 Å². The number of rotatable bonds is 2. The van der Waals surface area contributed by atoms with E-state index in [9.17, 15) is 13.2 Å². The average molecular weight is 323 g/mol. The average Bonchev–Trinajstić information content (AvgIpc) is 2.46. The van der Waals surface area contributed by atoms with E-state index in [4.69, 9.17) is 4.74 Å². The molecule has 0 spiro atoms. The van der Waals surface area contributed by atoms with E-state index in [1.165, 1.54) is 0 Å². The second-order valence-corrected chi connectivity index (χ2v) is 8.25. The van der Waals surface area contributed by atoms with E-state index < -0.39 is 10.0 Å². The summed E-state index contributed by atoms with van der Waals surface area (Å²) in [6.45, 7) is 4.40. The van der Waals surface area contributed by atoms with Crippen molar-refractivity contribution >= 4 is 16.0 Å². The molecule has 0 aromatic heterocycles. The minimum absolute atomic E-state index is 0.173. The van der Waals surface area contributed by atoms with Gasteiger partial charge in [-0.3, -0.25) is 4.79 Å². The molecular weight excluding hydrogens is 302 g/mol. The third-order valence-electron chi connectivity index (χ3n) is 4.48. The number of carbonyl (C=O) groups excluding carboxylic acids is 1. The molecule has 2 heterocycles. The molecule has 0 saturated carbocycles. The van der Waals surface area contributed by atoms with Crippen LogP contribution in [0.15, 0.2) is 29.2 Å². The van der Waals surface area contributed by atoms with Crippen LogP contribution in [0.4, 0.5) is 0 Å². The van der Waals surface area contributed by atoms with Gasteiger partial charge in [-0.05, 0) is 37.8 Å². The molecule has 0 N–H and O–H groups in total. The maximum absolute atomic E-state index is 13.0. The van der Waals surface area contributed by atoms with Crippen LogP contribution in [0.1, 0.15) is 31.7 Å². The van der Waals surface area contributed by atoms with Crippen LogP contribution in [0.25, 0.3) is 0 Å². The number of nitrogens with zero attached hydrogens (tertiary/aromatic N) is 1. The van der Waals surface area contributed by atoms with Crippen LogP contribution in [0.3, 0.4) is 0 Å². The summed E-state index contributed by atoms with van der Waals surface area (Å²) in [5.41, 5.74) is 1.02. The van der Waals surface area contributed by atoms with Crippen molar-refractivity contribution in [3.05, 3.63) is 29.8 Å². The first-order valence-electron chi connectivity index (χ1n) is 7.66. The van der Waals surface area contributed by atoms with Crippen molar-refractivity contribution in [1.82, 2.24) is 4.31 Å². The van der Waals surface area contributed by atoms with E-state index in [-0.39, 0.29) is 30.5 Å². The zero-order valence-electron chi connectivity index (χ0n) is 12.9. The summed E-state index contributed by atoms with van der Waals surface area (Å²) in [6.07, 6.45) is 1.25. The summed E-state index contributed by atoms with van der Waals surface area (Å²) in [7, 11) is -3.56. The maximum atomic E-state index is 13.0. The highest BCUT2D eigenvalue weighted by atomic mass is 32.2. The van der Waals surface area contributed by atoms with Gasteiger partial charge in [0.2, 0.25) is 10.0 Å². The van der Waals surface area contributed by atoms with Crippen LogP contribution < -0.4 is 0 Å². The molecule has 1 aromatic rings. The fourth-order valence-corrected chi connectivity index (χ4v) is 5.13. The van der Waals surface area contributed by atoms with Crippen molar-refractivity contribution in [3.8, 4) is 0 Å². The molecule has 22 heavy (non-hydrogen) atoms. The van der Waals surface area contributed by atoms with E-state index in [0.29, 0.717) is 17.9 Å². The molecule has 120 valence electrons. The van der Waals surface area contributed by atoms with Crippen molar-refractivity contribution in [2.45, 2.75) is 50.2 Å². The zero-order valence-corrected chi connectivity index (χ0v) is 13.7. The monoisotopic (exact) mass is 323 g/mol. The summed E-state index contributed by atoms with van der Waals surface area (Å²) < 4.78 is 32.9. The molecule has 5 nitrogen and oxygen atoms in total. The number of sulfonamides is 1. The first-order chi connectivity index (χ1) is 10.4. The number of fused-ring (bicyclic) bond motifs is 1. The Morgan fingerprint density at radius 3 is 2.59 bits per heavy atom. The van der Waals surface area contributed by atoms with Crippen LogP contribution in [-0.2, 0) is 19.6 Å². The normalized spacial score (nSPS) is 29.7.